The van der Waals surface area contributed by atoms with Gasteiger partial charge in [-0.15, -0.1) is 0 Å². The predicted molar refractivity (Wildman–Crippen MR) is 70.6 cm³/mol. The third-order valence-electron chi connectivity index (χ3n) is 3.91. The van der Waals surface area contributed by atoms with Crippen molar-refractivity contribution in [3.63, 3.8) is 0 Å². The molecule has 2 atom stereocenters. The summed E-state index contributed by atoms with van der Waals surface area (Å²) in [5.74, 6) is -1.64. The van der Waals surface area contributed by atoms with Gasteiger partial charge in [0.25, 0.3) is 0 Å². The fraction of sp³-hybridized carbons (Fsp3) is 0.600. The van der Waals surface area contributed by atoms with Crippen molar-refractivity contribution in [2.45, 2.75) is 51.4 Å². The molecule has 1 fully saturated rings. The van der Waals surface area contributed by atoms with Crippen LogP contribution in [-0.2, 0) is 4.74 Å². The molecule has 1 aliphatic heterocycles. The lowest BCUT2D eigenvalue weighted by Gasteiger charge is -2.31. The molecule has 2 nitrogen and oxygen atoms in total. The van der Waals surface area contributed by atoms with Crippen LogP contribution < -0.4 is 5.73 Å². The van der Waals surface area contributed by atoms with Gasteiger partial charge < -0.3 is 10.5 Å². The molecule has 1 aliphatic rings. The summed E-state index contributed by atoms with van der Waals surface area (Å²) >= 11 is 0. The molecule has 0 aliphatic carbocycles. The monoisotopic (exact) mass is 269 g/mol. The fourth-order valence-electron chi connectivity index (χ4n) is 3.12. The highest BCUT2D eigenvalue weighted by atomic mass is 19.2. The predicted octanol–water partition coefficient (Wildman–Crippen LogP) is 3.56. The molecule has 0 aromatic heterocycles. The van der Waals surface area contributed by atoms with E-state index in [0.717, 1.165) is 12.5 Å². The van der Waals surface area contributed by atoms with Crippen LogP contribution in [0.2, 0.25) is 0 Å². The van der Waals surface area contributed by atoms with Gasteiger partial charge in [-0.1, -0.05) is 6.07 Å². The Bertz CT molecular complexity index is 485. The molecule has 1 saturated heterocycles. The maximum atomic E-state index is 13.3. The second kappa shape index (κ2) is 4.53. The molecule has 0 bridgehead atoms. The van der Waals surface area contributed by atoms with Gasteiger partial charge in [-0.25, -0.2) is 8.78 Å². The van der Waals surface area contributed by atoms with Gasteiger partial charge in [-0.2, -0.15) is 0 Å². The summed E-state index contributed by atoms with van der Waals surface area (Å²) in [6.45, 7) is 8.03. The molecule has 1 heterocycles. The smallest absolute Gasteiger partial charge is 0.159 e. The maximum Gasteiger partial charge on any atom is 0.159 e. The number of hydrogen-bond acceptors (Lipinski definition) is 2. The van der Waals surface area contributed by atoms with Crippen molar-refractivity contribution in [2.24, 2.45) is 11.7 Å². The molecule has 2 rings (SSSR count). The summed E-state index contributed by atoms with van der Waals surface area (Å²) in [4.78, 5) is 0. The van der Waals surface area contributed by atoms with Crippen LogP contribution >= 0.6 is 0 Å². The van der Waals surface area contributed by atoms with E-state index >= 15 is 0 Å². The topological polar surface area (TPSA) is 35.2 Å². The molecule has 0 amide bonds. The van der Waals surface area contributed by atoms with Crippen LogP contribution in [0.1, 0.15) is 45.7 Å². The summed E-state index contributed by atoms with van der Waals surface area (Å²) in [5.41, 5.74) is 6.23. The summed E-state index contributed by atoms with van der Waals surface area (Å²) in [6.07, 6.45) is 0.792. The van der Waals surface area contributed by atoms with Crippen molar-refractivity contribution in [3.05, 3.63) is 35.4 Å². The van der Waals surface area contributed by atoms with E-state index in [0.29, 0.717) is 5.56 Å². The largest absolute Gasteiger partial charge is 0.369 e. The lowest BCUT2D eigenvalue weighted by molar-refractivity contribution is -0.0767. The van der Waals surface area contributed by atoms with Crippen LogP contribution in [-0.4, -0.2) is 11.2 Å². The molecule has 0 spiro atoms. The third kappa shape index (κ3) is 2.79. The molecule has 0 saturated carbocycles. The van der Waals surface area contributed by atoms with E-state index in [2.05, 4.69) is 0 Å². The first kappa shape index (κ1) is 14.4. The first-order chi connectivity index (χ1) is 8.62. The number of hydrogen-bond donors (Lipinski definition) is 1. The minimum atomic E-state index is -0.857. The van der Waals surface area contributed by atoms with Crippen LogP contribution in [0.3, 0.4) is 0 Å². The minimum absolute atomic E-state index is 0.0624. The number of nitrogens with two attached hydrogens (primary N) is 1. The molecule has 0 radical (unpaired) electrons. The van der Waals surface area contributed by atoms with Gasteiger partial charge in [0.15, 0.2) is 11.6 Å². The second-order valence-corrected chi connectivity index (χ2v) is 6.48. The van der Waals surface area contributed by atoms with Crippen molar-refractivity contribution >= 4 is 0 Å². The lowest BCUT2D eigenvalue weighted by Crippen LogP contribution is -2.35. The molecular formula is C15H21F2NO. The standard InChI is InChI=1S/C15H21F2NO/c1-14(2)8-10(15(3,4)19-14)13(18)9-5-6-11(16)12(17)7-9/h5-7,10,13H,8,18H2,1-4H3. The molecule has 2 N–H and O–H groups in total. The Hall–Kier alpha value is -1.00. The molecular weight excluding hydrogens is 248 g/mol. The molecule has 106 valence electrons. The quantitative estimate of drug-likeness (QED) is 0.891. The van der Waals surface area contributed by atoms with Gasteiger partial charge in [0, 0.05) is 12.0 Å². The van der Waals surface area contributed by atoms with Crippen LogP contribution in [0.5, 0.6) is 0 Å². The van der Waals surface area contributed by atoms with E-state index in [1.54, 1.807) is 6.07 Å². The van der Waals surface area contributed by atoms with Crippen LogP contribution in [0.15, 0.2) is 18.2 Å². The number of ether oxygens (including phenoxy) is 1. The lowest BCUT2D eigenvalue weighted by atomic mass is 9.79. The van der Waals surface area contributed by atoms with Gasteiger partial charge in [-0.3, -0.25) is 0 Å². The zero-order chi connectivity index (χ0) is 14.4. The van der Waals surface area contributed by atoms with E-state index in [9.17, 15) is 8.78 Å². The van der Waals surface area contributed by atoms with E-state index in [4.69, 9.17) is 10.5 Å². The average Bonchev–Trinajstić information content (AvgIpc) is 2.49. The highest BCUT2D eigenvalue weighted by Gasteiger charge is 2.48. The zero-order valence-corrected chi connectivity index (χ0v) is 11.8. The van der Waals surface area contributed by atoms with Crippen molar-refractivity contribution in [3.8, 4) is 0 Å². The summed E-state index contributed by atoms with van der Waals surface area (Å²) in [7, 11) is 0. The summed E-state index contributed by atoms with van der Waals surface area (Å²) in [5, 5.41) is 0. The van der Waals surface area contributed by atoms with Gasteiger partial charge in [0.2, 0.25) is 0 Å². The van der Waals surface area contributed by atoms with Crippen LogP contribution in [0, 0.1) is 17.6 Å². The second-order valence-electron chi connectivity index (χ2n) is 6.48. The maximum absolute atomic E-state index is 13.3. The Morgan fingerprint density at radius 3 is 2.32 bits per heavy atom. The van der Waals surface area contributed by atoms with E-state index in [1.807, 2.05) is 27.7 Å². The summed E-state index contributed by atoms with van der Waals surface area (Å²) in [6, 6.07) is 3.48. The highest BCUT2D eigenvalue weighted by molar-refractivity contribution is 5.23. The van der Waals surface area contributed by atoms with Crippen molar-refractivity contribution in [1.82, 2.24) is 0 Å². The fourth-order valence-corrected chi connectivity index (χ4v) is 3.12. The third-order valence-corrected chi connectivity index (χ3v) is 3.91. The molecule has 1 aromatic rings. The van der Waals surface area contributed by atoms with Crippen molar-refractivity contribution in [2.75, 3.05) is 0 Å². The molecule has 4 heteroatoms. The van der Waals surface area contributed by atoms with Gasteiger partial charge in [0.1, 0.15) is 0 Å². The van der Waals surface area contributed by atoms with Crippen molar-refractivity contribution in [1.29, 1.82) is 0 Å². The van der Waals surface area contributed by atoms with Gasteiger partial charge >= 0.3 is 0 Å². The Morgan fingerprint density at radius 1 is 1.21 bits per heavy atom. The highest BCUT2D eigenvalue weighted by Crippen LogP contribution is 2.46. The summed E-state index contributed by atoms with van der Waals surface area (Å²) < 4.78 is 32.3. The van der Waals surface area contributed by atoms with Crippen LogP contribution in [0.4, 0.5) is 8.78 Å². The molecule has 1 aromatic carbocycles. The SMILES string of the molecule is CC1(C)CC(C(N)c2ccc(F)c(F)c2)C(C)(C)O1. The average molecular weight is 269 g/mol. The Morgan fingerprint density at radius 2 is 1.84 bits per heavy atom. The van der Waals surface area contributed by atoms with E-state index in [1.165, 1.54) is 6.07 Å². The molecule has 2 unspecified atom stereocenters. The van der Waals surface area contributed by atoms with E-state index in [-0.39, 0.29) is 23.2 Å². The first-order valence-corrected chi connectivity index (χ1v) is 6.53. The van der Waals surface area contributed by atoms with Gasteiger partial charge in [-0.05, 0) is 51.8 Å². The van der Waals surface area contributed by atoms with E-state index < -0.39 is 11.6 Å². The normalized spacial score (nSPS) is 26.4. The Balaban J connectivity index is 2.28. The Labute approximate surface area is 112 Å². The van der Waals surface area contributed by atoms with Crippen LogP contribution in [0.25, 0.3) is 0 Å². The number of halogens is 2. The first-order valence-electron chi connectivity index (χ1n) is 6.53. The number of benzene rings is 1. The molecule has 19 heavy (non-hydrogen) atoms. The number of rotatable bonds is 2. The zero-order valence-electron chi connectivity index (χ0n) is 11.8. The van der Waals surface area contributed by atoms with Gasteiger partial charge in [0.05, 0.1) is 11.2 Å². The minimum Gasteiger partial charge on any atom is -0.369 e. The Kier molecular flexibility index (Phi) is 3.43. The van der Waals surface area contributed by atoms with Crippen molar-refractivity contribution < 1.29 is 13.5 Å².